The summed E-state index contributed by atoms with van der Waals surface area (Å²) in [5.74, 6) is 2.51. The number of nitrogen functional groups attached to an aromatic ring is 1. The van der Waals surface area contributed by atoms with Gasteiger partial charge >= 0.3 is 0 Å². The minimum Gasteiger partial charge on any atom is -0.383 e. The Hall–Kier alpha value is -2.03. The molecule has 20 heavy (non-hydrogen) atoms. The fourth-order valence-corrected chi connectivity index (χ4v) is 2.69. The highest BCUT2D eigenvalue weighted by Gasteiger charge is 2.24. The van der Waals surface area contributed by atoms with Gasteiger partial charge in [0.2, 0.25) is 0 Å². The lowest BCUT2D eigenvalue weighted by Crippen LogP contribution is -2.05. The van der Waals surface area contributed by atoms with Crippen LogP contribution in [0.3, 0.4) is 0 Å². The molecule has 0 radical (unpaired) electrons. The van der Waals surface area contributed by atoms with E-state index in [1.54, 1.807) is 0 Å². The van der Waals surface area contributed by atoms with Crippen molar-refractivity contribution < 1.29 is 0 Å². The number of hydrogen-bond acceptors (Lipinski definition) is 2. The predicted octanol–water partition coefficient (Wildman–Crippen LogP) is 3.76. The van der Waals surface area contributed by atoms with Gasteiger partial charge in [-0.3, -0.25) is 0 Å². The molecule has 1 aromatic heterocycles. The number of aromatic nitrogens is 2. The number of imidazole rings is 1. The van der Waals surface area contributed by atoms with E-state index in [0.29, 0.717) is 6.54 Å². The van der Waals surface area contributed by atoms with Crippen molar-refractivity contribution in [2.24, 2.45) is 0 Å². The van der Waals surface area contributed by atoms with Crippen LogP contribution in [0, 0.1) is 0 Å². The van der Waals surface area contributed by atoms with Crippen molar-refractivity contribution >= 4 is 5.82 Å². The predicted molar refractivity (Wildman–Crippen MR) is 83.6 cm³/mol. The molecule has 3 heteroatoms. The van der Waals surface area contributed by atoms with E-state index in [2.05, 4.69) is 37.8 Å². The molecule has 1 aliphatic rings. The third-order valence-corrected chi connectivity index (χ3v) is 3.92. The summed E-state index contributed by atoms with van der Waals surface area (Å²) in [5.41, 5.74) is 9.74. The van der Waals surface area contributed by atoms with Gasteiger partial charge < -0.3 is 10.3 Å². The minimum absolute atomic E-state index is 0.713. The molecule has 0 atom stereocenters. The standard InChI is InChI=1S/C17H21N3/c1-3-10-20-15(4-2)19-16(17(20)18)14-7-5-6-13(11-14)12-8-9-12/h3,5-7,11-12H,1,4,8-10,18H2,2H3. The smallest absolute Gasteiger partial charge is 0.132 e. The van der Waals surface area contributed by atoms with Gasteiger partial charge in [0.1, 0.15) is 17.3 Å². The summed E-state index contributed by atoms with van der Waals surface area (Å²) in [6.07, 6.45) is 5.36. The highest BCUT2D eigenvalue weighted by molar-refractivity contribution is 5.71. The van der Waals surface area contributed by atoms with E-state index in [4.69, 9.17) is 10.7 Å². The van der Waals surface area contributed by atoms with E-state index < -0.39 is 0 Å². The number of allylic oxidation sites excluding steroid dienone is 1. The Kier molecular flexibility index (Phi) is 3.35. The molecular weight excluding hydrogens is 246 g/mol. The van der Waals surface area contributed by atoms with E-state index in [0.717, 1.165) is 35.2 Å². The molecule has 1 saturated carbocycles. The van der Waals surface area contributed by atoms with Crippen LogP contribution in [0.5, 0.6) is 0 Å². The lowest BCUT2D eigenvalue weighted by atomic mass is 10.1. The molecular formula is C17H21N3. The summed E-state index contributed by atoms with van der Waals surface area (Å²) in [6, 6.07) is 8.66. The van der Waals surface area contributed by atoms with Gasteiger partial charge in [-0.2, -0.15) is 0 Å². The maximum Gasteiger partial charge on any atom is 0.132 e. The fraction of sp³-hybridized carbons (Fsp3) is 0.353. The molecule has 104 valence electrons. The van der Waals surface area contributed by atoms with Crippen molar-refractivity contribution in [3.05, 3.63) is 48.3 Å². The first kappa shape index (κ1) is 13.0. The molecule has 1 fully saturated rings. The molecule has 0 spiro atoms. The van der Waals surface area contributed by atoms with Gasteiger partial charge in [0, 0.05) is 18.5 Å². The first-order chi connectivity index (χ1) is 9.74. The van der Waals surface area contributed by atoms with Gasteiger partial charge in [-0.1, -0.05) is 31.2 Å². The summed E-state index contributed by atoms with van der Waals surface area (Å²) in [7, 11) is 0. The zero-order valence-electron chi connectivity index (χ0n) is 12.0. The molecule has 1 aliphatic carbocycles. The maximum absolute atomic E-state index is 6.29. The molecule has 2 N–H and O–H groups in total. The Morgan fingerprint density at radius 2 is 2.25 bits per heavy atom. The second-order valence-electron chi connectivity index (χ2n) is 5.41. The van der Waals surface area contributed by atoms with Gasteiger partial charge in [0.15, 0.2) is 0 Å². The quantitative estimate of drug-likeness (QED) is 0.838. The lowest BCUT2D eigenvalue weighted by Gasteiger charge is -2.06. The fourth-order valence-electron chi connectivity index (χ4n) is 2.69. The summed E-state index contributed by atoms with van der Waals surface area (Å²) in [4.78, 5) is 4.73. The summed E-state index contributed by atoms with van der Waals surface area (Å²) >= 11 is 0. The first-order valence-electron chi connectivity index (χ1n) is 7.30. The van der Waals surface area contributed by atoms with Gasteiger partial charge in [-0.05, 0) is 30.4 Å². The highest BCUT2D eigenvalue weighted by Crippen LogP contribution is 2.41. The number of nitrogens with zero attached hydrogens (tertiary/aromatic N) is 2. The number of nitrogens with two attached hydrogens (primary N) is 1. The molecule has 3 nitrogen and oxygen atoms in total. The number of anilines is 1. The monoisotopic (exact) mass is 267 g/mol. The Bertz CT molecular complexity index is 636. The van der Waals surface area contributed by atoms with Gasteiger partial charge in [-0.25, -0.2) is 4.98 Å². The second-order valence-corrected chi connectivity index (χ2v) is 5.41. The van der Waals surface area contributed by atoms with E-state index in [9.17, 15) is 0 Å². The first-order valence-corrected chi connectivity index (χ1v) is 7.30. The summed E-state index contributed by atoms with van der Waals surface area (Å²) < 4.78 is 2.05. The third-order valence-electron chi connectivity index (χ3n) is 3.92. The largest absolute Gasteiger partial charge is 0.383 e. The van der Waals surface area contributed by atoms with E-state index in [1.165, 1.54) is 18.4 Å². The Labute approximate surface area is 120 Å². The van der Waals surface area contributed by atoms with Crippen molar-refractivity contribution in [1.82, 2.24) is 9.55 Å². The molecule has 2 aromatic rings. The molecule has 0 bridgehead atoms. The van der Waals surface area contributed by atoms with Crippen molar-refractivity contribution in [3.8, 4) is 11.3 Å². The Balaban J connectivity index is 2.04. The number of hydrogen-bond donors (Lipinski definition) is 1. The third kappa shape index (κ3) is 2.24. The average Bonchev–Trinajstić information content (AvgIpc) is 3.27. The van der Waals surface area contributed by atoms with Gasteiger partial charge in [-0.15, -0.1) is 6.58 Å². The van der Waals surface area contributed by atoms with Crippen LogP contribution in [-0.4, -0.2) is 9.55 Å². The number of rotatable bonds is 5. The van der Waals surface area contributed by atoms with Crippen LogP contribution in [0.2, 0.25) is 0 Å². The van der Waals surface area contributed by atoms with Gasteiger partial charge in [0.25, 0.3) is 0 Å². The van der Waals surface area contributed by atoms with Crippen LogP contribution in [0.1, 0.15) is 37.1 Å². The van der Waals surface area contributed by atoms with Crippen molar-refractivity contribution in [2.45, 2.75) is 38.6 Å². The van der Waals surface area contributed by atoms with Crippen LogP contribution in [0.4, 0.5) is 5.82 Å². The zero-order chi connectivity index (χ0) is 14.1. The topological polar surface area (TPSA) is 43.8 Å². The maximum atomic E-state index is 6.29. The highest BCUT2D eigenvalue weighted by atomic mass is 15.1. The van der Waals surface area contributed by atoms with Crippen molar-refractivity contribution in [3.63, 3.8) is 0 Å². The van der Waals surface area contributed by atoms with Crippen LogP contribution in [-0.2, 0) is 13.0 Å². The lowest BCUT2D eigenvalue weighted by molar-refractivity contribution is 0.757. The van der Waals surface area contributed by atoms with E-state index in [1.807, 2.05) is 10.6 Å². The SMILES string of the molecule is C=CCn1c(CC)nc(-c2cccc(C3CC3)c2)c1N. The minimum atomic E-state index is 0.713. The van der Waals surface area contributed by atoms with Crippen molar-refractivity contribution in [1.29, 1.82) is 0 Å². The van der Waals surface area contributed by atoms with Crippen LogP contribution in [0.25, 0.3) is 11.3 Å². The normalized spacial score (nSPS) is 14.4. The number of benzene rings is 1. The second kappa shape index (κ2) is 5.16. The molecule has 1 aromatic carbocycles. The average molecular weight is 267 g/mol. The molecule has 0 saturated heterocycles. The van der Waals surface area contributed by atoms with E-state index in [-0.39, 0.29) is 0 Å². The van der Waals surface area contributed by atoms with E-state index >= 15 is 0 Å². The molecule has 0 amide bonds. The Morgan fingerprint density at radius 3 is 2.90 bits per heavy atom. The molecule has 0 unspecified atom stereocenters. The summed E-state index contributed by atoms with van der Waals surface area (Å²) in [5, 5.41) is 0. The van der Waals surface area contributed by atoms with Crippen molar-refractivity contribution in [2.75, 3.05) is 5.73 Å². The Morgan fingerprint density at radius 1 is 1.45 bits per heavy atom. The molecule has 1 heterocycles. The zero-order valence-corrected chi connectivity index (χ0v) is 12.0. The molecule has 3 rings (SSSR count). The van der Waals surface area contributed by atoms with Gasteiger partial charge in [0.05, 0.1) is 0 Å². The number of aryl methyl sites for hydroxylation is 1. The van der Waals surface area contributed by atoms with Crippen LogP contribution in [0.15, 0.2) is 36.9 Å². The summed E-state index contributed by atoms with van der Waals surface area (Å²) in [6.45, 7) is 6.61. The molecule has 0 aliphatic heterocycles. The van der Waals surface area contributed by atoms with Crippen LogP contribution < -0.4 is 5.73 Å². The van der Waals surface area contributed by atoms with Crippen LogP contribution >= 0.6 is 0 Å².